The van der Waals surface area contributed by atoms with Crippen LogP contribution in [0, 0.1) is 5.82 Å². The van der Waals surface area contributed by atoms with Gasteiger partial charge in [0.05, 0.1) is 16.1 Å². The van der Waals surface area contributed by atoms with E-state index >= 15 is 0 Å². The molecule has 0 radical (unpaired) electrons. The molecule has 30 heavy (non-hydrogen) atoms. The summed E-state index contributed by atoms with van der Waals surface area (Å²) in [5.41, 5.74) is 1.09. The highest BCUT2D eigenvalue weighted by molar-refractivity contribution is 9.10. The molecule has 9 heteroatoms. The van der Waals surface area contributed by atoms with Crippen LogP contribution >= 0.6 is 39.3 Å². The molecular weight excluding hydrogens is 497 g/mol. The fourth-order valence-electron chi connectivity index (χ4n) is 2.73. The van der Waals surface area contributed by atoms with Crippen LogP contribution in [0.1, 0.15) is 24.5 Å². The lowest BCUT2D eigenvalue weighted by atomic mass is 10.1. The van der Waals surface area contributed by atoms with Crippen molar-refractivity contribution in [2.75, 3.05) is 18.6 Å². The smallest absolute Gasteiger partial charge is 0.320 e. The molecule has 0 aromatic heterocycles. The van der Waals surface area contributed by atoms with Crippen molar-refractivity contribution in [3.63, 3.8) is 0 Å². The van der Waals surface area contributed by atoms with E-state index in [1.807, 2.05) is 19.2 Å². The minimum absolute atomic E-state index is 0.0580. The molecule has 164 valence electrons. The molecule has 2 N–H and O–H groups in total. The fourth-order valence-corrected chi connectivity index (χ4v) is 4.02. The van der Waals surface area contributed by atoms with Crippen LogP contribution in [0.15, 0.2) is 34.8 Å². The van der Waals surface area contributed by atoms with Gasteiger partial charge in [-0.3, -0.25) is 4.79 Å². The molecule has 0 aliphatic heterocycles. The number of halogens is 3. The number of aliphatic carboxylic acids is 1. The third kappa shape index (κ3) is 7.04. The second kappa shape index (κ2) is 12.4. The summed E-state index contributed by atoms with van der Waals surface area (Å²) in [6.07, 6.45) is 2.47. The Morgan fingerprint density at radius 1 is 1.37 bits per heavy atom. The summed E-state index contributed by atoms with van der Waals surface area (Å²) in [6, 6.07) is 7.44. The molecular formula is C21H24BrClFNO4S. The number of benzene rings is 2. The normalized spacial score (nSPS) is 11.9. The van der Waals surface area contributed by atoms with Gasteiger partial charge in [-0.05, 0) is 71.1 Å². The molecule has 0 saturated carbocycles. The summed E-state index contributed by atoms with van der Waals surface area (Å²) in [7, 11) is 0. The van der Waals surface area contributed by atoms with Crippen LogP contribution in [0.4, 0.5) is 4.39 Å². The van der Waals surface area contributed by atoms with E-state index in [1.54, 1.807) is 23.9 Å². The average Bonchev–Trinajstić information content (AvgIpc) is 2.69. The molecule has 0 heterocycles. The molecule has 5 nitrogen and oxygen atoms in total. The van der Waals surface area contributed by atoms with Gasteiger partial charge in [0.1, 0.15) is 18.5 Å². The van der Waals surface area contributed by atoms with E-state index in [0.717, 1.165) is 11.3 Å². The molecule has 0 aliphatic carbocycles. The summed E-state index contributed by atoms with van der Waals surface area (Å²) in [4.78, 5) is 11.4. The van der Waals surface area contributed by atoms with Crippen LogP contribution in [0.3, 0.4) is 0 Å². The van der Waals surface area contributed by atoms with Gasteiger partial charge in [0, 0.05) is 12.1 Å². The van der Waals surface area contributed by atoms with E-state index in [9.17, 15) is 14.3 Å². The van der Waals surface area contributed by atoms with Crippen molar-refractivity contribution in [2.24, 2.45) is 0 Å². The predicted octanol–water partition coefficient (Wildman–Crippen LogP) is 5.52. The highest BCUT2D eigenvalue weighted by atomic mass is 79.9. The number of hydrogen-bond acceptors (Lipinski definition) is 5. The molecule has 1 atom stereocenters. The highest BCUT2D eigenvalue weighted by Gasteiger charge is 2.18. The lowest BCUT2D eigenvalue weighted by Crippen LogP contribution is -2.36. The van der Waals surface area contributed by atoms with Crippen molar-refractivity contribution >= 4 is 45.3 Å². The van der Waals surface area contributed by atoms with Crippen molar-refractivity contribution in [3.8, 4) is 11.5 Å². The number of carbonyl (C=O) groups is 1. The highest BCUT2D eigenvalue weighted by Crippen LogP contribution is 2.38. The third-order valence-electron chi connectivity index (χ3n) is 4.25. The number of ether oxygens (including phenoxy) is 2. The van der Waals surface area contributed by atoms with Crippen LogP contribution in [0.25, 0.3) is 0 Å². The van der Waals surface area contributed by atoms with E-state index in [-0.39, 0.29) is 17.2 Å². The molecule has 0 aliphatic rings. The Kier molecular flexibility index (Phi) is 10.2. The Balaban J connectivity index is 2.17. The van der Waals surface area contributed by atoms with Gasteiger partial charge in [0.15, 0.2) is 11.5 Å². The van der Waals surface area contributed by atoms with Crippen LogP contribution in [-0.4, -0.2) is 35.7 Å². The second-order valence-electron chi connectivity index (χ2n) is 6.38. The Morgan fingerprint density at radius 2 is 2.13 bits per heavy atom. The van der Waals surface area contributed by atoms with Gasteiger partial charge in [-0.1, -0.05) is 17.7 Å². The van der Waals surface area contributed by atoms with Crippen LogP contribution in [-0.2, 0) is 17.9 Å². The molecule has 0 fully saturated rings. The molecule has 2 rings (SSSR count). The minimum Gasteiger partial charge on any atom is -0.490 e. The maximum Gasteiger partial charge on any atom is 0.320 e. The summed E-state index contributed by atoms with van der Waals surface area (Å²) >= 11 is 11.2. The van der Waals surface area contributed by atoms with Gasteiger partial charge < -0.3 is 19.9 Å². The quantitative estimate of drug-likeness (QED) is 0.384. The SMILES string of the molecule is CCOc1cc(CNC(CCSC)C(=O)O)cc(Br)c1OCc1c(F)cccc1Cl. The Bertz CT molecular complexity index is 851. The molecule has 2 aromatic rings. The van der Waals surface area contributed by atoms with Gasteiger partial charge in [0.25, 0.3) is 0 Å². The van der Waals surface area contributed by atoms with Crippen molar-refractivity contribution in [1.29, 1.82) is 0 Å². The largest absolute Gasteiger partial charge is 0.490 e. The molecule has 0 bridgehead atoms. The Morgan fingerprint density at radius 3 is 2.77 bits per heavy atom. The zero-order chi connectivity index (χ0) is 22.1. The Labute approximate surface area is 193 Å². The molecule has 0 amide bonds. The average molecular weight is 521 g/mol. The van der Waals surface area contributed by atoms with E-state index < -0.39 is 17.8 Å². The molecule has 0 spiro atoms. The predicted molar refractivity (Wildman–Crippen MR) is 122 cm³/mol. The first-order valence-corrected chi connectivity index (χ1v) is 11.9. The van der Waals surface area contributed by atoms with Gasteiger partial charge in [-0.2, -0.15) is 11.8 Å². The van der Waals surface area contributed by atoms with Gasteiger partial charge in [-0.25, -0.2) is 4.39 Å². The lowest BCUT2D eigenvalue weighted by Gasteiger charge is -2.18. The van der Waals surface area contributed by atoms with E-state index in [1.165, 1.54) is 12.1 Å². The first-order chi connectivity index (χ1) is 14.4. The molecule has 1 unspecified atom stereocenters. The first kappa shape index (κ1) is 24.8. The number of carboxylic acid groups (broad SMARTS) is 1. The monoisotopic (exact) mass is 519 g/mol. The van der Waals surface area contributed by atoms with E-state index in [2.05, 4.69) is 21.2 Å². The van der Waals surface area contributed by atoms with E-state index in [4.69, 9.17) is 21.1 Å². The number of nitrogens with one attached hydrogen (secondary N) is 1. The molecule has 2 aromatic carbocycles. The molecule has 0 saturated heterocycles. The van der Waals surface area contributed by atoms with Gasteiger partial charge >= 0.3 is 5.97 Å². The standard InChI is InChI=1S/C21H24BrClFNO4S/c1-3-28-19-10-13(11-25-18(21(26)27)7-8-30-2)9-15(22)20(19)29-12-14-16(23)5-4-6-17(14)24/h4-6,9-10,18,25H,3,7-8,11-12H2,1-2H3,(H,26,27). The van der Waals surface area contributed by atoms with Crippen LogP contribution < -0.4 is 14.8 Å². The summed E-state index contributed by atoms with van der Waals surface area (Å²) in [5.74, 6) is 0.338. The van der Waals surface area contributed by atoms with Crippen LogP contribution in [0.2, 0.25) is 5.02 Å². The first-order valence-electron chi connectivity index (χ1n) is 9.33. The number of hydrogen-bond donors (Lipinski definition) is 2. The van der Waals surface area contributed by atoms with Crippen molar-refractivity contribution in [3.05, 3.63) is 56.8 Å². The van der Waals surface area contributed by atoms with Gasteiger partial charge in [-0.15, -0.1) is 0 Å². The zero-order valence-corrected chi connectivity index (χ0v) is 19.9. The number of thioether (sulfide) groups is 1. The third-order valence-corrected chi connectivity index (χ3v) is 5.84. The fraction of sp³-hybridized carbons (Fsp3) is 0.381. The topological polar surface area (TPSA) is 67.8 Å². The lowest BCUT2D eigenvalue weighted by molar-refractivity contribution is -0.139. The Hall–Kier alpha value is -1.48. The van der Waals surface area contributed by atoms with E-state index in [0.29, 0.717) is 35.5 Å². The van der Waals surface area contributed by atoms with Crippen molar-refractivity contribution in [1.82, 2.24) is 5.32 Å². The summed E-state index contributed by atoms with van der Waals surface area (Å²) in [5, 5.41) is 12.7. The summed E-state index contributed by atoms with van der Waals surface area (Å²) in [6.45, 7) is 2.55. The van der Waals surface area contributed by atoms with Crippen LogP contribution in [0.5, 0.6) is 11.5 Å². The maximum atomic E-state index is 14.0. The second-order valence-corrected chi connectivity index (χ2v) is 8.63. The maximum absolute atomic E-state index is 14.0. The van der Waals surface area contributed by atoms with Crippen molar-refractivity contribution in [2.45, 2.75) is 32.5 Å². The van der Waals surface area contributed by atoms with Gasteiger partial charge in [0.2, 0.25) is 0 Å². The number of carboxylic acids is 1. The summed E-state index contributed by atoms with van der Waals surface area (Å²) < 4.78 is 26.2. The zero-order valence-electron chi connectivity index (χ0n) is 16.7. The van der Waals surface area contributed by atoms with Crippen molar-refractivity contribution < 1.29 is 23.8 Å². The minimum atomic E-state index is -0.880. The number of rotatable bonds is 12.